The summed E-state index contributed by atoms with van der Waals surface area (Å²) in [6.45, 7) is 3.16. The van der Waals surface area contributed by atoms with E-state index < -0.39 is 24.1 Å². The molecule has 2 saturated heterocycles. The second kappa shape index (κ2) is 11.7. The number of nitrogens with zero attached hydrogens (tertiary/aromatic N) is 4. The minimum absolute atomic E-state index is 0.0671. The first-order chi connectivity index (χ1) is 18.4. The molecule has 210 valence electrons. The molecule has 1 aromatic rings. The third kappa shape index (κ3) is 6.18. The monoisotopic (exact) mass is 534 g/mol. The second-order valence-electron chi connectivity index (χ2n) is 11.3. The maximum Gasteiger partial charge on any atom is 0.243 e. The van der Waals surface area contributed by atoms with E-state index in [0.29, 0.717) is 50.7 Å². The van der Waals surface area contributed by atoms with Gasteiger partial charge in [0.15, 0.2) is 17.9 Å². The summed E-state index contributed by atoms with van der Waals surface area (Å²) in [4.78, 5) is 41.0. The van der Waals surface area contributed by atoms with Gasteiger partial charge in [0.25, 0.3) is 0 Å². The highest BCUT2D eigenvalue weighted by molar-refractivity contribution is 5.80. The van der Waals surface area contributed by atoms with Crippen molar-refractivity contribution in [2.45, 2.75) is 83.5 Å². The number of ether oxygens (including phenoxy) is 1. The summed E-state index contributed by atoms with van der Waals surface area (Å²) in [6.07, 6.45) is 8.95. The Morgan fingerprint density at radius 3 is 2.71 bits per heavy atom. The number of hydroxylamine groups is 2. The van der Waals surface area contributed by atoms with Gasteiger partial charge in [0.05, 0.1) is 18.6 Å². The number of nitrogens with one attached hydrogen (secondary N) is 2. The van der Waals surface area contributed by atoms with Gasteiger partial charge in [0, 0.05) is 31.5 Å². The van der Waals surface area contributed by atoms with Crippen LogP contribution in [0.4, 0.5) is 16.0 Å². The van der Waals surface area contributed by atoms with E-state index in [4.69, 9.17) is 9.57 Å². The molecule has 4 aliphatic rings. The van der Waals surface area contributed by atoms with Gasteiger partial charge in [-0.2, -0.15) is 4.39 Å². The standard InChI is InChI=1S/C26H39FN6O5/c1-17-28-23(22(27)24(29-17)32-14-20(35)26(15-32)9-10-26)30-31-25(36)19(12-18-6-2-3-7-18)13-33(16-34)38-21-8-4-5-11-37-21/h16,18-21,35H,2-15H2,1H3,(H,31,36)(H,28,29,30)/t19-,20-,21?/m1/s1. The van der Waals surface area contributed by atoms with Crippen molar-refractivity contribution in [1.82, 2.24) is 20.5 Å². The zero-order valence-corrected chi connectivity index (χ0v) is 22.0. The van der Waals surface area contributed by atoms with E-state index in [1.165, 1.54) is 0 Å². The molecule has 11 nitrogen and oxygen atoms in total. The molecule has 4 fully saturated rings. The van der Waals surface area contributed by atoms with E-state index in [2.05, 4.69) is 20.8 Å². The minimum atomic E-state index is -0.680. The highest BCUT2D eigenvalue weighted by atomic mass is 19.1. The lowest BCUT2D eigenvalue weighted by Gasteiger charge is -2.30. The number of β-amino-alcohol motifs (C(OH)–C–C–N with tert-alkyl or cyclic N) is 1. The summed E-state index contributed by atoms with van der Waals surface area (Å²) in [5.41, 5.74) is 5.11. The molecule has 1 unspecified atom stereocenters. The number of hydrazine groups is 1. The Kier molecular flexibility index (Phi) is 8.29. The topological polar surface area (TPSA) is 129 Å². The van der Waals surface area contributed by atoms with E-state index in [-0.39, 0.29) is 29.5 Å². The Hall–Kier alpha value is -2.57. The average Bonchev–Trinajstić information content (AvgIpc) is 3.37. The van der Waals surface area contributed by atoms with Crippen molar-refractivity contribution in [3.63, 3.8) is 0 Å². The van der Waals surface area contributed by atoms with Gasteiger partial charge in [-0.05, 0) is 44.9 Å². The molecule has 38 heavy (non-hydrogen) atoms. The van der Waals surface area contributed by atoms with Crippen molar-refractivity contribution >= 4 is 24.0 Å². The Bertz CT molecular complexity index is 999. The number of hydrogen-bond acceptors (Lipinski definition) is 9. The van der Waals surface area contributed by atoms with Crippen molar-refractivity contribution < 1.29 is 28.7 Å². The van der Waals surface area contributed by atoms with Gasteiger partial charge in [-0.1, -0.05) is 25.7 Å². The fourth-order valence-electron chi connectivity index (χ4n) is 6.01. The van der Waals surface area contributed by atoms with Crippen LogP contribution in [0.5, 0.6) is 0 Å². The zero-order chi connectivity index (χ0) is 26.7. The average molecular weight is 535 g/mol. The molecule has 0 radical (unpaired) electrons. The molecule has 0 aromatic carbocycles. The first kappa shape index (κ1) is 27.0. The molecule has 3 heterocycles. The summed E-state index contributed by atoms with van der Waals surface area (Å²) >= 11 is 0. The molecule has 12 heteroatoms. The predicted molar refractivity (Wildman–Crippen MR) is 136 cm³/mol. The van der Waals surface area contributed by atoms with E-state index in [1.807, 2.05) is 0 Å². The highest BCUT2D eigenvalue weighted by Gasteiger charge is 2.55. The number of halogens is 1. The number of rotatable bonds is 11. The van der Waals surface area contributed by atoms with Gasteiger partial charge in [-0.3, -0.25) is 20.4 Å². The maximum absolute atomic E-state index is 15.5. The van der Waals surface area contributed by atoms with E-state index >= 15 is 4.39 Å². The van der Waals surface area contributed by atoms with Gasteiger partial charge in [0.1, 0.15) is 5.82 Å². The van der Waals surface area contributed by atoms with Crippen LogP contribution < -0.4 is 15.8 Å². The maximum atomic E-state index is 15.5. The number of carbonyl (C=O) groups excluding carboxylic acids is 2. The lowest BCUT2D eigenvalue weighted by molar-refractivity contribution is -0.276. The van der Waals surface area contributed by atoms with Crippen LogP contribution in [0.25, 0.3) is 0 Å². The van der Waals surface area contributed by atoms with Crippen molar-refractivity contribution in [2.75, 3.05) is 36.6 Å². The molecule has 2 amide bonds. The predicted octanol–water partition coefficient (Wildman–Crippen LogP) is 2.44. The lowest BCUT2D eigenvalue weighted by atomic mass is 9.92. The van der Waals surface area contributed by atoms with E-state index in [1.54, 1.807) is 11.8 Å². The third-order valence-corrected chi connectivity index (χ3v) is 8.42. The fourth-order valence-corrected chi connectivity index (χ4v) is 6.01. The van der Waals surface area contributed by atoms with Crippen LogP contribution in [0.3, 0.4) is 0 Å². The van der Waals surface area contributed by atoms with E-state index in [0.717, 1.165) is 56.4 Å². The lowest BCUT2D eigenvalue weighted by Crippen LogP contribution is -2.43. The zero-order valence-electron chi connectivity index (χ0n) is 22.0. The largest absolute Gasteiger partial charge is 0.391 e. The molecule has 1 aromatic heterocycles. The number of hydrogen-bond donors (Lipinski definition) is 3. The molecule has 5 rings (SSSR count). The molecule has 1 spiro atoms. The van der Waals surface area contributed by atoms with Crippen LogP contribution in [-0.2, 0) is 19.2 Å². The molecule has 2 aliphatic carbocycles. The van der Waals surface area contributed by atoms with Crippen LogP contribution in [0.2, 0.25) is 0 Å². The Balaban J connectivity index is 1.24. The van der Waals surface area contributed by atoms with Gasteiger partial charge >= 0.3 is 0 Å². The van der Waals surface area contributed by atoms with Crippen molar-refractivity contribution in [3.05, 3.63) is 11.6 Å². The molecule has 3 N–H and O–H groups in total. The third-order valence-electron chi connectivity index (χ3n) is 8.42. The Labute approximate surface area is 222 Å². The van der Waals surface area contributed by atoms with Crippen molar-refractivity contribution in [1.29, 1.82) is 0 Å². The van der Waals surface area contributed by atoms with Crippen LogP contribution in [0.15, 0.2) is 0 Å². The summed E-state index contributed by atoms with van der Waals surface area (Å²) in [7, 11) is 0. The Morgan fingerprint density at radius 2 is 2.05 bits per heavy atom. The van der Waals surface area contributed by atoms with Gasteiger partial charge < -0.3 is 14.7 Å². The van der Waals surface area contributed by atoms with Gasteiger partial charge in [0.2, 0.25) is 18.1 Å². The fraction of sp³-hybridized carbons (Fsp3) is 0.769. The molecular weight excluding hydrogens is 495 g/mol. The van der Waals surface area contributed by atoms with Gasteiger partial charge in [-0.15, -0.1) is 0 Å². The highest BCUT2D eigenvalue weighted by Crippen LogP contribution is 2.53. The number of aliphatic hydroxyl groups is 1. The quantitative estimate of drug-likeness (QED) is 0.290. The summed E-state index contributed by atoms with van der Waals surface area (Å²) in [5.74, 6) is -0.902. The van der Waals surface area contributed by atoms with E-state index in [9.17, 15) is 14.7 Å². The second-order valence-corrected chi connectivity index (χ2v) is 11.3. The number of aliphatic hydroxyl groups excluding tert-OH is 1. The van der Waals surface area contributed by atoms with Crippen LogP contribution in [0.1, 0.15) is 70.0 Å². The van der Waals surface area contributed by atoms with Crippen LogP contribution >= 0.6 is 0 Å². The SMILES string of the molecule is Cc1nc(NNC(=O)[C@H](CC2CCCC2)CN(C=O)OC2CCCCO2)c(F)c(N2C[C@@H](O)C3(CC3)C2)n1. The summed E-state index contributed by atoms with van der Waals surface area (Å²) in [6, 6.07) is 0. The number of aromatic nitrogens is 2. The first-order valence-electron chi connectivity index (χ1n) is 13.9. The van der Waals surface area contributed by atoms with Crippen molar-refractivity contribution in [3.8, 4) is 0 Å². The van der Waals surface area contributed by atoms with Gasteiger partial charge in [-0.25, -0.2) is 19.9 Å². The first-order valence-corrected chi connectivity index (χ1v) is 13.9. The molecule has 2 aliphatic heterocycles. The Morgan fingerprint density at radius 1 is 1.29 bits per heavy atom. The summed E-state index contributed by atoms with van der Waals surface area (Å²) < 4.78 is 21.0. The molecule has 2 saturated carbocycles. The van der Waals surface area contributed by atoms with Crippen molar-refractivity contribution in [2.24, 2.45) is 17.3 Å². The number of aryl methyl sites for hydroxylation is 1. The van der Waals surface area contributed by atoms with Crippen LogP contribution in [-0.4, -0.2) is 71.1 Å². The molecular formula is C26H39FN6O5. The minimum Gasteiger partial charge on any atom is -0.391 e. The molecule has 3 atom stereocenters. The normalized spacial score (nSPS) is 25.4. The number of amides is 2. The van der Waals surface area contributed by atoms with Crippen LogP contribution in [0, 0.1) is 30.0 Å². The number of carbonyl (C=O) groups is 2. The number of anilines is 2. The summed E-state index contributed by atoms with van der Waals surface area (Å²) in [5, 5.41) is 11.6. The smallest absolute Gasteiger partial charge is 0.243 e. The molecule has 0 bridgehead atoms.